The topological polar surface area (TPSA) is 0 Å². The summed E-state index contributed by atoms with van der Waals surface area (Å²) < 4.78 is 0. The monoisotopic (exact) mass is 841 g/mol. The minimum Gasteiger partial charge on any atom is -0.175 e. The third-order valence-corrected chi connectivity index (χ3v) is 10.2. The molecule has 0 aromatic heterocycles. The zero-order valence-corrected chi connectivity index (χ0v) is 41.5. The second-order valence-corrected chi connectivity index (χ2v) is 16.2. The molecule has 0 spiro atoms. The highest BCUT2D eigenvalue weighted by atomic mass is 32.1. The van der Waals surface area contributed by atoms with E-state index in [2.05, 4.69) is 196 Å². The van der Waals surface area contributed by atoms with Crippen molar-refractivity contribution in [1.82, 2.24) is 0 Å². The van der Waals surface area contributed by atoms with Crippen molar-refractivity contribution in [1.29, 1.82) is 0 Å². The third kappa shape index (κ3) is 19.4. The molecular weight excluding hydrogens is 762 g/mol. The van der Waals surface area contributed by atoms with Gasteiger partial charge in [-0.2, -0.15) is 12.6 Å². The number of allylic oxidation sites excluding steroid dienone is 29. The fourth-order valence-electron chi connectivity index (χ4n) is 6.19. The number of benzene rings is 1. The lowest BCUT2D eigenvalue weighted by Gasteiger charge is -2.25. The van der Waals surface area contributed by atoms with Gasteiger partial charge in [0.15, 0.2) is 0 Å². The minimum atomic E-state index is 0.542. The quantitative estimate of drug-likeness (QED) is 0.0755. The fourth-order valence-corrected chi connectivity index (χ4v) is 6.38. The van der Waals surface area contributed by atoms with E-state index in [0.717, 1.165) is 90.7 Å². The normalized spacial score (nSPS) is 15.3. The van der Waals surface area contributed by atoms with Gasteiger partial charge in [0.2, 0.25) is 0 Å². The van der Waals surface area contributed by atoms with Crippen LogP contribution >= 0.6 is 12.6 Å². The molecule has 0 nitrogen and oxygen atoms in total. The molecule has 1 aromatic rings. The van der Waals surface area contributed by atoms with Gasteiger partial charge in [0.05, 0.1) is 0 Å². The summed E-state index contributed by atoms with van der Waals surface area (Å²) in [6, 6.07) is 10.5. The molecule has 0 N–H and O–H groups in total. The molecule has 2 radical (unpaired) electrons. The molecule has 0 aliphatic heterocycles. The second kappa shape index (κ2) is 32.7. The molecular formula is C59H78B2S. The summed E-state index contributed by atoms with van der Waals surface area (Å²) in [6.45, 7) is 48.9. The van der Waals surface area contributed by atoms with Crippen LogP contribution in [0.1, 0.15) is 107 Å². The number of rotatable bonds is 20. The lowest BCUT2D eigenvalue weighted by atomic mass is 9.30. The summed E-state index contributed by atoms with van der Waals surface area (Å²) in [6.07, 6.45) is 39.0. The van der Waals surface area contributed by atoms with E-state index in [0.29, 0.717) is 11.2 Å². The van der Waals surface area contributed by atoms with E-state index in [1.807, 2.05) is 74.6 Å². The van der Waals surface area contributed by atoms with Crippen LogP contribution in [0.5, 0.6) is 0 Å². The maximum Gasteiger partial charge on any atom is 0.115 e. The van der Waals surface area contributed by atoms with E-state index in [9.17, 15) is 0 Å². The van der Waals surface area contributed by atoms with Gasteiger partial charge in [0, 0.05) is 5.75 Å². The molecule has 0 amide bonds. The van der Waals surface area contributed by atoms with Crippen LogP contribution in [0, 0.1) is 5.41 Å². The molecule has 2 rings (SSSR count). The molecule has 62 heavy (non-hydrogen) atoms. The number of hydrogen-bond donors (Lipinski definition) is 1. The lowest BCUT2D eigenvalue weighted by molar-refractivity contribution is 0.398. The zero-order chi connectivity index (χ0) is 47.1. The van der Waals surface area contributed by atoms with Gasteiger partial charge in [-0.25, -0.2) is 0 Å². The highest BCUT2D eigenvalue weighted by Crippen LogP contribution is 2.38. The molecule has 0 unspecified atom stereocenters. The van der Waals surface area contributed by atoms with E-state index in [1.54, 1.807) is 6.08 Å². The Kier molecular flexibility index (Phi) is 30.1. The molecule has 1 aliphatic rings. The molecule has 0 atom stereocenters. The van der Waals surface area contributed by atoms with Crippen LogP contribution in [0.15, 0.2) is 240 Å². The first-order chi connectivity index (χ1) is 29.7. The number of hydrogen-bond acceptors (Lipinski definition) is 1. The largest absolute Gasteiger partial charge is 0.175 e. The molecule has 0 saturated heterocycles. The average Bonchev–Trinajstić information content (AvgIpc) is 3.28. The smallest absolute Gasteiger partial charge is 0.115 e. The van der Waals surface area contributed by atoms with Crippen molar-refractivity contribution in [3.05, 3.63) is 245 Å². The molecule has 0 bridgehead atoms. The van der Waals surface area contributed by atoms with Crippen molar-refractivity contribution in [2.75, 3.05) is 5.75 Å². The fraction of sp³-hybridized carbons (Fsp3) is 0.288. The van der Waals surface area contributed by atoms with Crippen LogP contribution in [0.2, 0.25) is 0 Å². The van der Waals surface area contributed by atoms with Gasteiger partial charge >= 0.3 is 0 Å². The molecule has 0 fully saturated rings. The summed E-state index contributed by atoms with van der Waals surface area (Å²) >= 11 is 4.56. The lowest BCUT2D eigenvalue weighted by Crippen LogP contribution is -2.19. The molecule has 1 aromatic carbocycles. The van der Waals surface area contributed by atoms with E-state index in [-0.39, 0.29) is 0 Å². The molecule has 326 valence electrons. The van der Waals surface area contributed by atoms with E-state index in [1.165, 1.54) is 12.8 Å². The SMILES string of the molecule is C=C/C=C(C=C)/C(C=C)=C(C1=CCCC=C1)/C([B][B]C(/C(=C(C)/C(C=C)=C/CS)c1ccccc1)=C(C)\C(C=C)=C\C=C/C)=C(C)/C(C=C)=C/C=C\C.CCC.CCC(C)(C)C. The van der Waals surface area contributed by atoms with Gasteiger partial charge in [0.1, 0.15) is 14.3 Å². The van der Waals surface area contributed by atoms with Gasteiger partial charge < -0.3 is 0 Å². The zero-order valence-electron chi connectivity index (χ0n) is 40.6. The molecule has 0 saturated carbocycles. The predicted molar refractivity (Wildman–Crippen MR) is 292 cm³/mol. The standard InChI is InChI=1S/C50H56B2S.C6H14.C3H8/c1-12-20-29-40(15-4)38(10)49(47(44-31-24-22-25-32-44)37(9)42(17-6)35-36-53)51-52-50(39(11)41(16-5)30-21-13-2)48(45-33-26-23-27-34-45)46(19-8)43(18-7)28-14-3;1-5-6(2,3)4;1-3-2/h12-22,24-26,28-35,53H,3-8,23,27,36H2,1-2,9-11H3;5H2,1-4H3;3H2,1-2H3/b20-12-,21-13-,40-29+,41-30+,42-35+,43-28+,47-37+,48-46+,49-38-,50-39-;;. The van der Waals surface area contributed by atoms with Crippen molar-refractivity contribution in [3.63, 3.8) is 0 Å². The maximum atomic E-state index is 4.56. The van der Waals surface area contributed by atoms with E-state index < -0.39 is 0 Å². The maximum absolute atomic E-state index is 4.56. The van der Waals surface area contributed by atoms with Crippen LogP contribution in [0.3, 0.4) is 0 Å². The van der Waals surface area contributed by atoms with Crippen LogP contribution in [0.4, 0.5) is 0 Å². The first-order valence-corrected chi connectivity index (χ1v) is 22.7. The van der Waals surface area contributed by atoms with Gasteiger partial charge in [-0.3, -0.25) is 0 Å². The Bertz CT molecular complexity index is 2040. The van der Waals surface area contributed by atoms with Crippen LogP contribution in [-0.2, 0) is 0 Å². The second-order valence-electron chi connectivity index (χ2n) is 15.8. The van der Waals surface area contributed by atoms with Crippen molar-refractivity contribution in [3.8, 4) is 0 Å². The Morgan fingerprint density at radius 1 is 0.661 bits per heavy atom. The highest BCUT2D eigenvalue weighted by Gasteiger charge is 2.24. The molecule has 0 heterocycles. The summed E-state index contributed by atoms with van der Waals surface area (Å²) in [5, 5.41) is 0. The minimum absolute atomic E-state index is 0.542. The third-order valence-electron chi connectivity index (χ3n) is 10.1. The van der Waals surface area contributed by atoms with Crippen molar-refractivity contribution < 1.29 is 0 Å². The summed E-state index contributed by atoms with van der Waals surface area (Å²) in [5.41, 5.74) is 15.2. The van der Waals surface area contributed by atoms with E-state index in [4.69, 9.17) is 0 Å². The summed E-state index contributed by atoms with van der Waals surface area (Å²) in [4.78, 5) is 0. The predicted octanol–water partition coefficient (Wildman–Crippen LogP) is 17.7. The summed E-state index contributed by atoms with van der Waals surface area (Å²) in [7, 11) is 4.50. The Morgan fingerprint density at radius 3 is 1.52 bits per heavy atom. The first kappa shape index (κ1) is 57.0. The van der Waals surface area contributed by atoms with E-state index >= 15 is 0 Å². The number of thiol groups is 1. The molecule has 3 heteroatoms. The van der Waals surface area contributed by atoms with Crippen LogP contribution < -0.4 is 0 Å². The van der Waals surface area contributed by atoms with Gasteiger partial charge in [0.25, 0.3) is 0 Å². The Labute approximate surface area is 388 Å². The van der Waals surface area contributed by atoms with Crippen molar-refractivity contribution in [2.45, 2.75) is 102 Å². The Morgan fingerprint density at radius 2 is 1.15 bits per heavy atom. The van der Waals surface area contributed by atoms with Crippen molar-refractivity contribution >= 4 is 32.5 Å². The Balaban J connectivity index is 0.00000374. The van der Waals surface area contributed by atoms with Crippen molar-refractivity contribution in [2.24, 2.45) is 5.41 Å². The van der Waals surface area contributed by atoms with Crippen LogP contribution in [-0.4, -0.2) is 20.1 Å². The van der Waals surface area contributed by atoms with Crippen LogP contribution in [0.25, 0.3) is 5.57 Å². The molecule has 1 aliphatic carbocycles. The Hall–Kier alpha value is -4.98. The van der Waals surface area contributed by atoms with Gasteiger partial charge in [-0.05, 0) is 109 Å². The summed E-state index contributed by atoms with van der Waals surface area (Å²) in [5.74, 6) is 0.591. The first-order valence-electron chi connectivity index (χ1n) is 22.1. The van der Waals surface area contributed by atoms with Gasteiger partial charge in [-0.1, -0.05) is 250 Å². The van der Waals surface area contributed by atoms with Gasteiger partial charge in [-0.15, -0.1) is 0 Å². The average molecular weight is 841 g/mol. The highest BCUT2D eigenvalue weighted by molar-refractivity contribution is 7.80.